The number of likely N-dealkylation sites (N-methyl/N-ethyl adjacent to an activating group) is 1. The summed E-state index contributed by atoms with van der Waals surface area (Å²) in [5, 5.41) is 2.88. The van der Waals surface area contributed by atoms with Gasteiger partial charge in [-0.1, -0.05) is 6.92 Å². The fraction of sp³-hybridized carbons (Fsp3) is 0.571. The van der Waals surface area contributed by atoms with Gasteiger partial charge < -0.3 is 20.7 Å². The number of rotatable bonds is 8. The molecule has 0 bridgehead atoms. The lowest BCUT2D eigenvalue weighted by Gasteiger charge is -2.16. The van der Waals surface area contributed by atoms with Crippen LogP contribution in [0.5, 0.6) is 0 Å². The van der Waals surface area contributed by atoms with Crippen molar-refractivity contribution in [1.29, 1.82) is 0 Å². The van der Waals surface area contributed by atoms with E-state index in [0.29, 0.717) is 24.5 Å². The first-order chi connectivity index (χ1) is 9.56. The van der Waals surface area contributed by atoms with Gasteiger partial charge in [-0.15, -0.1) is 0 Å². The Morgan fingerprint density at radius 3 is 2.85 bits per heavy atom. The number of nitrogens with zero attached hydrogens (tertiary/aromatic N) is 2. The Labute approximate surface area is 120 Å². The molecule has 1 aromatic heterocycles. The van der Waals surface area contributed by atoms with E-state index in [9.17, 15) is 4.79 Å². The van der Waals surface area contributed by atoms with Gasteiger partial charge in [0, 0.05) is 38.0 Å². The van der Waals surface area contributed by atoms with Gasteiger partial charge in [-0.2, -0.15) is 0 Å². The zero-order valence-corrected chi connectivity index (χ0v) is 12.5. The number of nitrogens with two attached hydrogens (primary N) is 1. The molecule has 0 atom stereocenters. The van der Waals surface area contributed by atoms with E-state index in [1.807, 2.05) is 14.0 Å². The highest BCUT2D eigenvalue weighted by molar-refractivity contribution is 5.94. The monoisotopic (exact) mass is 280 g/mol. The van der Waals surface area contributed by atoms with E-state index in [0.717, 1.165) is 25.2 Å². The average Bonchev–Trinajstić information content (AvgIpc) is 2.44. The van der Waals surface area contributed by atoms with Crippen molar-refractivity contribution in [1.82, 2.24) is 15.2 Å². The van der Waals surface area contributed by atoms with Gasteiger partial charge in [0.05, 0.1) is 6.61 Å². The van der Waals surface area contributed by atoms with Gasteiger partial charge in [0.2, 0.25) is 0 Å². The second kappa shape index (κ2) is 8.50. The average molecular weight is 280 g/mol. The predicted octanol–water partition coefficient (Wildman–Crippen LogP) is 0.534. The van der Waals surface area contributed by atoms with Crippen LogP contribution in [-0.2, 0) is 11.2 Å². The number of ether oxygens (including phenoxy) is 1. The van der Waals surface area contributed by atoms with Crippen LogP contribution in [0.4, 0.5) is 5.82 Å². The number of amides is 1. The van der Waals surface area contributed by atoms with Crippen molar-refractivity contribution in [2.75, 3.05) is 46.1 Å². The molecule has 0 saturated heterocycles. The Morgan fingerprint density at radius 1 is 1.45 bits per heavy atom. The molecule has 1 heterocycles. The molecule has 0 fully saturated rings. The van der Waals surface area contributed by atoms with Crippen LogP contribution in [0.25, 0.3) is 0 Å². The molecule has 1 amide bonds. The number of pyridine rings is 1. The van der Waals surface area contributed by atoms with Crippen LogP contribution in [-0.4, -0.2) is 56.2 Å². The molecular formula is C14H24N4O2. The summed E-state index contributed by atoms with van der Waals surface area (Å²) >= 11 is 0. The molecule has 1 aromatic rings. The van der Waals surface area contributed by atoms with Crippen molar-refractivity contribution in [2.24, 2.45) is 0 Å². The highest BCUT2D eigenvalue weighted by Crippen LogP contribution is 2.08. The minimum absolute atomic E-state index is 0.117. The number of hydrogen-bond donors (Lipinski definition) is 2. The molecule has 6 nitrogen and oxygen atoms in total. The summed E-state index contributed by atoms with van der Waals surface area (Å²) in [6.45, 7) is 4.87. The van der Waals surface area contributed by atoms with E-state index in [1.54, 1.807) is 19.2 Å². The van der Waals surface area contributed by atoms with Crippen molar-refractivity contribution in [2.45, 2.75) is 13.3 Å². The molecule has 1 rings (SSSR count). The maximum absolute atomic E-state index is 12.0. The Kier molecular flexibility index (Phi) is 6.97. The summed E-state index contributed by atoms with van der Waals surface area (Å²) in [6, 6.07) is 3.38. The Balaban J connectivity index is 2.45. The number of nitrogens with one attached hydrogen (secondary N) is 1. The summed E-state index contributed by atoms with van der Waals surface area (Å²) in [4.78, 5) is 18.3. The second-order valence-corrected chi connectivity index (χ2v) is 4.68. The Hall–Kier alpha value is -1.66. The maximum Gasteiger partial charge on any atom is 0.251 e. The lowest BCUT2D eigenvalue weighted by atomic mass is 10.2. The Bertz CT molecular complexity index is 437. The van der Waals surface area contributed by atoms with Crippen LogP contribution in [0.1, 0.15) is 23.0 Å². The molecule has 0 aliphatic carbocycles. The summed E-state index contributed by atoms with van der Waals surface area (Å²) in [5.74, 6) is 0.264. The number of carbonyl (C=O) groups is 1. The Morgan fingerprint density at radius 2 is 2.20 bits per heavy atom. The SMILES string of the molecule is CCc1cc(C(=O)NCCN(C)CCOC)cc(N)n1. The molecule has 0 radical (unpaired) electrons. The van der Waals surface area contributed by atoms with E-state index in [2.05, 4.69) is 15.2 Å². The molecule has 0 saturated carbocycles. The third-order valence-electron chi connectivity index (χ3n) is 2.98. The first-order valence-corrected chi connectivity index (χ1v) is 6.79. The van der Waals surface area contributed by atoms with Crippen LogP contribution < -0.4 is 11.1 Å². The minimum atomic E-state index is -0.117. The molecule has 112 valence electrons. The van der Waals surface area contributed by atoms with E-state index < -0.39 is 0 Å². The zero-order valence-electron chi connectivity index (χ0n) is 12.5. The van der Waals surface area contributed by atoms with Crippen molar-refractivity contribution in [3.8, 4) is 0 Å². The number of methoxy groups -OCH3 is 1. The fourth-order valence-corrected chi connectivity index (χ4v) is 1.74. The number of carbonyl (C=O) groups excluding carboxylic acids is 1. The van der Waals surface area contributed by atoms with Crippen LogP contribution >= 0.6 is 0 Å². The summed E-state index contributed by atoms with van der Waals surface area (Å²) in [6.07, 6.45) is 0.755. The largest absolute Gasteiger partial charge is 0.384 e. The number of nitrogen functional groups attached to an aromatic ring is 1. The molecule has 0 aliphatic rings. The van der Waals surface area contributed by atoms with Crippen LogP contribution in [0.2, 0.25) is 0 Å². The third-order valence-corrected chi connectivity index (χ3v) is 2.98. The molecule has 0 unspecified atom stereocenters. The van der Waals surface area contributed by atoms with Crippen molar-refractivity contribution < 1.29 is 9.53 Å². The number of aryl methyl sites for hydroxylation is 1. The quantitative estimate of drug-likeness (QED) is 0.726. The van der Waals surface area contributed by atoms with Crippen molar-refractivity contribution in [3.05, 3.63) is 23.4 Å². The van der Waals surface area contributed by atoms with Crippen LogP contribution in [0.3, 0.4) is 0 Å². The van der Waals surface area contributed by atoms with Gasteiger partial charge in [0.25, 0.3) is 5.91 Å². The van der Waals surface area contributed by atoms with Crippen LogP contribution in [0.15, 0.2) is 12.1 Å². The summed E-state index contributed by atoms with van der Waals surface area (Å²) < 4.78 is 5.00. The van der Waals surface area contributed by atoms with Crippen LogP contribution in [0, 0.1) is 0 Å². The van der Waals surface area contributed by atoms with E-state index in [4.69, 9.17) is 10.5 Å². The van der Waals surface area contributed by atoms with Gasteiger partial charge in [-0.05, 0) is 25.6 Å². The van der Waals surface area contributed by atoms with Crippen molar-refractivity contribution >= 4 is 11.7 Å². The minimum Gasteiger partial charge on any atom is -0.384 e. The van der Waals surface area contributed by atoms with Crippen molar-refractivity contribution in [3.63, 3.8) is 0 Å². The highest BCUT2D eigenvalue weighted by Gasteiger charge is 2.08. The highest BCUT2D eigenvalue weighted by atomic mass is 16.5. The summed E-state index contributed by atoms with van der Waals surface area (Å²) in [5.41, 5.74) is 7.08. The molecule has 3 N–H and O–H groups in total. The van der Waals surface area contributed by atoms with Gasteiger partial charge >= 0.3 is 0 Å². The maximum atomic E-state index is 12.0. The van der Waals surface area contributed by atoms with Gasteiger partial charge in [0.1, 0.15) is 5.82 Å². The molecule has 20 heavy (non-hydrogen) atoms. The first kappa shape index (κ1) is 16.4. The van der Waals surface area contributed by atoms with Gasteiger partial charge in [-0.3, -0.25) is 4.79 Å². The zero-order chi connectivity index (χ0) is 15.0. The molecule has 6 heteroatoms. The van der Waals surface area contributed by atoms with E-state index in [1.165, 1.54) is 0 Å². The second-order valence-electron chi connectivity index (χ2n) is 4.68. The van der Waals surface area contributed by atoms with E-state index in [-0.39, 0.29) is 5.91 Å². The molecule has 0 spiro atoms. The lowest BCUT2D eigenvalue weighted by molar-refractivity contribution is 0.0947. The predicted molar refractivity (Wildman–Crippen MR) is 79.7 cm³/mol. The first-order valence-electron chi connectivity index (χ1n) is 6.79. The molecular weight excluding hydrogens is 256 g/mol. The number of aromatic nitrogens is 1. The normalized spacial score (nSPS) is 10.8. The van der Waals surface area contributed by atoms with E-state index >= 15 is 0 Å². The summed E-state index contributed by atoms with van der Waals surface area (Å²) in [7, 11) is 3.67. The topological polar surface area (TPSA) is 80.5 Å². The molecule has 0 aromatic carbocycles. The number of anilines is 1. The molecule has 0 aliphatic heterocycles. The smallest absolute Gasteiger partial charge is 0.251 e. The third kappa shape index (κ3) is 5.54. The number of hydrogen-bond acceptors (Lipinski definition) is 5. The fourth-order valence-electron chi connectivity index (χ4n) is 1.74. The standard InChI is InChI=1S/C14H24N4O2/c1-4-12-9-11(10-13(15)17-12)14(19)16-5-6-18(2)7-8-20-3/h9-10H,4-8H2,1-3H3,(H2,15,17)(H,16,19). The van der Waals surface area contributed by atoms with Gasteiger partial charge in [-0.25, -0.2) is 4.98 Å². The van der Waals surface area contributed by atoms with Gasteiger partial charge in [0.15, 0.2) is 0 Å². The lowest BCUT2D eigenvalue weighted by Crippen LogP contribution is -2.34.